The molecular weight excluding hydrogens is 741 g/mol. The molecule has 3 unspecified atom stereocenters. The highest BCUT2D eigenvalue weighted by molar-refractivity contribution is 6.03. The minimum atomic E-state index is -4.74. The molecule has 314 valence electrons. The molecule has 0 aromatic carbocycles. The van der Waals surface area contributed by atoms with Crippen LogP contribution in [0.1, 0.15) is 136 Å². The number of carboxylic acid groups (broad SMARTS) is 1. The first-order valence-electron chi connectivity index (χ1n) is 20.9. The average molecular weight is 801 g/mol. The topological polar surface area (TPSA) is 168 Å². The van der Waals surface area contributed by atoms with Crippen molar-refractivity contribution >= 4 is 29.5 Å². The Bertz CT molecular complexity index is 1890. The number of rotatable bonds is 8. The standard InChI is InChI=1S/C43H59F3N4O7/c1-20(2)33-29(51)19-42(48-38(56)39(5,6)47-35(52)28-18-32(50-49-28)43(44,45)46)16-12-27-23(34(33)42)9-10-31-40(7)15-13-30(22(4)26(40)11-14-41(27,31)8)57-37(55)25-17-24(21(25)3)36(53)54/h18,20-27,30-31H,9-17,19H2,1-8H3,(H,47,52)(H,48,56)(H,49,50)(H,53,54)/t21-,22-,23+,24-,25+,26?,27?,30+,31?,40+,41+,42-/m1/s1. The Morgan fingerprint density at radius 3 is 2.21 bits per heavy atom. The Labute approximate surface area is 332 Å². The molecule has 11 nitrogen and oxygen atoms in total. The third-order valence-corrected chi connectivity index (χ3v) is 16.2. The summed E-state index contributed by atoms with van der Waals surface area (Å²) in [4.78, 5) is 65.9. The number of alkyl halides is 3. The summed E-state index contributed by atoms with van der Waals surface area (Å²) >= 11 is 0. The van der Waals surface area contributed by atoms with Crippen molar-refractivity contribution in [1.82, 2.24) is 20.8 Å². The number of fused-ring (bicyclic) bond motifs is 7. The molecule has 1 heterocycles. The third kappa shape index (κ3) is 6.62. The van der Waals surface area contributed by atoms with E-state index < -0.39 is 52.3 Å². The number of esters is 1. The summed E-state index contributed by atoms with van der Waals surface area (Å²) in [5, 5.41) is 20.6. The van der Waals surface area contributed by atoms with Crippen molar-refractivity contribution in [3.63, 3.8) is 0 Å². The van der Waals surface area contributed by atoms with Crippen LogP contribution in [0, 0.1) is 64.1 Å². The minimum Gasteiger partial charge on any atom is -0.481 e. The zero-order valence-corrected chi connectivity index (χ0v) is 34.4. The number of allylic oxidation sites excluding steroid dienone is 1. The van der Waals surface area contributed by atoms with Crippen molar-refractivity contribution in [2.45, 2.75) is 143 Å². The number of carbonyl (C=O) groups is 5. The smallest absolute Gasteiger partial charge is 0.435 e. The lowest BCUT2D eigenvalue weighted by Gasteiger charge is -2.67. The number of ketones is 1. The van der Waals surface area contributed by atoms with Crippen LogP contribution in [0.4, 0.5) is 13.2 Å². The minimum absolute atomic E-state index is 0.0197. The molecule has 7 rings (SSSR count). The maximum absolute atomic E-state index is 14.2. The van der Waals surface area contributed by atoms with E-state index in [0.29, 0.717) is 30.7 Å². The fraction of sp³-hybridized carbons (Fsp3) is 0.767. The van der Waals surface area contributed by atoms with E-state index in [1.807, 2.05) is 20.8 Å². The number of ether oxygens (including phenoxy) is 1. The van der Waals surface area contributed by atoms with Crippen LogP contribution < -0.4 is 10.6 Å². The van der Waals surface area contributed by atoms with Crippen molar-refractivity contribution in [2.75, 3.05) is 0 Å². The second kappa shape index (κ2) is 14.0. The number of H-pyrrole nitrogens is 1. The number of hydrogen-bond acceptors (Lipinski definition) is 7. The summed E-state index contributed by atoms with van der Waals surface area (Å²) in [5.41, 5.74) is -2.28. The van der Waals surface area contributed by atoms with Crippen molar-refractivity contribution in [3.05, 3.63) is 28.6 Å². The number of aliphatic carboxylic acids is 1. The summed E-state index contributed by atoms with van der Waals surface area (Å²) in [6.07, 6.45) is 2.47. The van der Waals surface area contributed by atoms with Gasteiger partial charge in [-0.1, -0.05) is 41.5 Å². The Morgan fingerprint density at radius 2 is 1.60 bits per heavy atom. The first-order chi connectivity index (χ1) is 26.4. The van der Waals surface area contributed by atoms with Gasteiger partial charge in [-0.3, -0.25) is 29.1 Å². The highest BCUT2D eigenvalue weighted by atomic mass is 19.4. The second-order valence-corrected chi connectivity index (χ2v) is 19.9. The summed E-state index contributed by atoms with van der Waals surface area (Å²) in [5.74, 6) is -2.34. The molecule has 5 fully saturated rings. The molecule has 12 atom stereocenters. The number of hydrogen-bond donors (Lipinski definition) is 4. The third-order valence-electron chi connectivity index (χ3n) is 16.2. The number of amides is 2. The first-order valence-corrected chi connectivity index (χ1v) is 20.9. The van der Waals surface area contributed by atoms with Crippen LogP contribution in [0.3, 0.4) is 0 Å². The number of nitrogens with zero attached hydrogens (tertiary/aromatic N) is 1. The first kappa shape index (κ1) is 41.4. The number of halogens is 3. The molecule has 57 heavy (non-hydrogen) atoms. The average Bonchev–Trinajstić information content (AvgIpc) is 3.72. The number of carboxylic acids is 1. The molecule has 4 N–H and O–H groups in total. The Hall–Kier alpha value is -3.71. The lowest BCUT2D eigenvalue weighted by Crippen LogP contribution is -2.65. The van der Waals surface area contributed by atoms with Crippen molar-refractivity contribution in [3.8, 4) is 0 Å². The molecule has 0 spiro atoms. The quantitative estimate of drug-likeness (QED) is 0.199. The van der Waals surface area contributed by atoms with Crippen molar-refractivity contribution < 1.29 is 47.0 Å². The van der Waals surface area contributed by atoms with E-state index in [1.54, 1.807) is 0 Å². The van der Waals surface area contributed by atoms with E-state index in [2.05, 4.69) is 41.6 Å². The molecule has 5 saturated carbocycles. The van der Waals surface area contributed by atoms with Crippen LogP contribution in [-0.4, -0.2) is 62.0 Å². The molecule has 14 heteroatoms. The van der Waals surface area contributed by atoms with Gasteiger partial charge in [-0.25, -0.2) is 0 Å². The predicted molar refractivity (Wildman–Crippen MR) is 202 cm³/mol. The zero-order valence-electron chi connectivity index (χ0n) is 34.4. The normalized spacial score (nSPS) is 38.9. The summed E-state index contributed by atoms with van der Waals surface area (Å²) in [6, 6.07) is 0.607. The Balaban J connectivity index is 1.09. The van der Waals surface area contributed by atoms with E-state index in [4.69, 9.17) is 4.74 Å². The molecule has 1 aromatic rings. The van der Waals surface area contributed by atoms with Gasteiger partial charge in [0.05, 0.1) is 17.4 Å². The highest BCUT2D eigenvalue weighted by Crippen LogP contribution is 2.70. The molecule has 1 aromatic heterocycles. The molecule has 0 saturated heterocycles. The number of aromatic amines is 1. The van der Waals surface area contributed by atoms with Crippen LogP contribution >= 0.6 is 0 Å². The van der Waals surface area contributed by atoms with Crippen LogP contribution in [0.5, 0.6) is 0 Å². The van der Waals surface area contributed by atoms with Gasteiger partial charge >= 0.3 is 18.1 Å². The number of aromatic nitrogens is 2. The predicted octanol–water partition coefficient (Wildman–Crippen LogP) is 7.27. The highest BCUT2D eigenvalue weighted by Gasteiger charge is 2.65. The van der Waals surface area contributed by atoms with Crippen LogP contribution in [0.15, 0.2) is 17.2 Å². The van der Waals surface area contributed by atoms with Gasteiger partial charge in [-0.2, -0.15) is 18.3 Å². The van der Waals surface area contributed by atoms with E-state index in [9.17, 15) is 42.3 Å². The lowest BCUT2D eigenvalue weighted by atomic mass is 9.38. The van der Waals surface area contributed by atoms with Gasteiger partial charge in [0.25, 0.3) is 5.91 Å². The van der Waals surface area contributed by atoms with Crippen LogP contribution in [-0.2, 0) is 30.1 Å². The maximum atomic E-state index is 14.2. The number of Topliss-reactive ketones (excluding diaryl/α,β-unsaturated/α-hetero) is 1. The Kier molecular flexibility index (Phi) is 10.1. The lowest BCUT2D eigenvalue weighted by molar-refractivity contribution is -0.196. The largest absolute Gasteiger partial charge is 0.481 e. The second-order valence-electron chi connectivity index (χ2n) is 19.9. The van der Waals surface area contributed by atoms with Crippen LogP contribution in [0.2, 0.25) is 0 Å². The van der Waals surface area contributed by atoms with E-state index in [-0.39, 0.29) is 70.6 Å². The molecule has 6 aliphatic rings. The van der Waals surface area contributed by atoms with Gasteiger partial charge in [-0.05, 0) is 135 Å². The number of carbonyl (C=O) groups excluding carboxylic acids is 4. The number of nitrogens with one attached hydrogen (secondary N) is 3. The molecular formula is C43H59F3N4O7. The van der Waals surface area contributed by atoms with E-state index in [0.717, 1.165) is 56.1 Å². The molecule has 0 aliphatic heterocycles. The summed E-state index contributed by atoms with van der Waals surface area (Å²) < 4.78 is 45.7. The summed E-state index contributed by atoms with van der Waals surface area (Å²) in [7, 11) is 0. The van der Waals surface area contributed by atoms with Gasteiger partial charge in [0.15, 0.2) is 11.5 Å². The SMILES string of the molecule is CC(C)C1=C2[C@H]3CCC4[C@@](C)(CCC5[C@@H](C)[C@@H](OC(=O)[C@H]6C[C@@H](C(=O)O)[C@H]6C)CC[C@@]54C)C3CC[C@@]2(NC(=O)C(C)(C)NC(=O)c2cc(C(F)(F)F)n[nH]2)CC1=O. The summed E-state index contributed by atoms with van der Waals surface area (Å²) in [6.45, 7) is 16.0. The molecule has 6 aliphatic carbocycles. The monoisotopic (exact) mass is 800 g/mol. The molecule has 0 bridgehead atoms. The van der Waals surface area contributed by atoms with Gasteiger partial charge in [0.2, 0.25) is 5.91 Å². The fourth-order valence-electron chi connectivity index (χ4n) is 13.2. The van der Waals surface area contributed by atoms with Gasteiger partial charge in [0, 0.05) is 12.5 Å². The van der Waals surface area contributed by atoms with Crippen molar-refractivity contribution in [2.24, 2.45) is 64.1 Å². The van der Waals surface area contributed by atoms with Gasteiger partial charge in [0.1, 0.15) is 17.3 Å². The zero-order chi connectivity index (χ0) is 41.8. The van der Waals surface area contributed by atoms with Crippen LogP contribution in [0.25, 0.3) is 0 Å². The van der Waals surface area contributed by atoms with Gasteiger partial charge in [-0.15, -0.1) is 0 Å². The van der Waals surface area contributed by atoms with E-state index >= 15 is 0 Å². The molecule has 0 radical (unpaired) electrons. The van der Waals surface area contributed by atoms with Gasteiger partial charge < -0.3 is 20.5 Å². The Morgan fingerprint density at radius 1 is 0.947 bits per heavy atom. The molecule has 2 amide bonds. The van der Waals surface area contributed by atoms with E-state index in [1.165, 1.54) is 13.8 Å². The fourth-order valence-corrected chi connectivity index (χ4v) is 13.2. The maximum Gasteiger partial charge on any atom is 0.435 e. The van der Waals surface area contributed by atoms with Crippen molar-refractivity contribution in [1.29, 1.82) is 0 Å².